The van der Waals surface area contributed by atoms with Crippen molar-refractivity contribution < 1.29 is 0 Å². The van der Waals surface area contributed by atoms with Gasteiger partial charge in [-0.05, 0) is 44.1 Å². The van der Waals surface area contributed by atoms with Crippen LogP contribution in [0.15, 0.2) is 0 Å². The summed E-state index contributed by atoms with van der Waals surface area (Å²) < 4.78 is 0. The average molecular weight is 210 g/mol. The van der Waals surface area contributed by atoms with Gasteiger partial charge in [0.15, 0.2) is 0 Å². The molecule has 2 nitrogen and oxygen atoms in total. The van der Waals surface area contributed by atoms with Crippen molar-refractivity contribution in [1.82, 2.24) is 5.32 Å². The molecule has 0 radical (unpaired) electrons. The first kappa shape index (κ1) is 11.4. The van der Waals surface area contributed by atoms with Gasteiger partial charge in [0.05, 0.1) is 0 Å². The van der Waals surface area contributed by atoms with Crippen molar-refractivity contribution in [2.45, 2.75) is 57.4 Å². The lowest BCUT2D eigenvalue weighted by Gasteiger charge is -2.35. The smallest absolute Gasteiger partial charge is 0.0329 e. The lowest BCUT2D eigenvalue weighted by Crippen LogP contribution is -2.53. The Balaban J connectivity index is 1.72. The second kappa shape index (κ2) is 4.84. The largest absolute Gasteiger partial charge is 0.329 e. The van der Waals surface area contributed by atoms with Crippen LogP contribution >= 0.6 is 0 Å². The molecular formula is C13H26N2. The normalized spacial score (nSPS) is 26.0. The van der Waals surface area contributed by atoms with E-state index in [-0.39, 0.29) is 5.54 Å². The van der Waals surface area contributed by atoms with E-state index in [9.17, 15) is 0 Å². The first-order valence-electron chi connectivity index (χ1n) is 6.76. The van der Waals surface area contributed by atoms with Crippen LogP contribution in [0.5, 0.6) is 0 Å². The van der Waals surface area contributed by atoms with Gasteiger partial charge in [-0.1, -0.05) is 26.2 Å². The van der Waals surface area contributed by atoms with Crippen molar-refractivity contribution in [3.63, 3.8) is 0 Å². The fourth-order valence-electron chi connectivity index (χ4n) is 2.88. The van der Waals surface area contributed by atoms with Crippen LogP contribution < -0.4 is 11.1 Å². The highest BCUT2D eigenvalue weighted by atomic mass is 15.0. The van der Waals surface area contributed by atoms with E-state index in [0.717, 1.165) is 18.4 Å². The van der Waals surface area contributed by atoms with Gasteiger partial charge < -0.3 is 11.1 Å². The molecule has 15 heavy (non-hydrogen) atoms. The summed E-state index contributed by atoms with van der Waals surface area (Å²) in [5.74, 6) is 1.89. The molecule has 2 saturated carbocycles. The highest BCUT2D eigenvalue weighted by molar-refractivity contribution is 5.01. The Hall–Kier alpha value is -0.0800. The van der Waals surface area contributed by atoms with Gasteiger partial charge in [0, 0.05) is 12.1 Å². The molecule has 2 fully saturated rings. The molecule has 0 saturated heterocycles. The zero-order chi connectivity index (χ0) is 10.7. The van der Waals surface area contributed by atoms with Gasteiger partial charge in [0.2, 0.25) is 0 Å². The first-order valence-corrected chi connectivity index (χ1v) is 6.76. The second-order valence-corrected chi connectivity index (χ2v) is 5.50. The minimum Gasteiger partial charge on any atom is -0.329 e. The Morgan fingerprint density at radius 1 is 1.27 bits per heavy atom. The highest BCUT2D eigenvalue weighted by Crippen LogP contribution is 2.41. The van der Waals surface area contributed by atoms with Gasteiger partial charge in [-0.3, -0.25) is 0 Å². The van der Waals surface area contributed by atoms with Crippen LogP contribution in [-0.2, 0) is 0 Å². The molecule has 0 aromatic heterocycles. The molecule has 3 N–H and O–H groups in total. The average Bonchev–Trinajstić information content (AvgIpc) is 3.00. The molecule has 0 aromatic carbocycles. The maximum Gasteiger partial charge on any atom is 0.0329 e. The molecule has 2 aliphatic carbocycles. The Bertz CT molecular complexity index is 191. The Morgan fingerprint density at radius 2 is 2.00 bits per heavy atom. The molecule has 0 aliphatic heterocycles. The summed E-state index contributed by atoms with van der Waals surface area (Å²) in [7, 11) is 0. The standard InChI is InChI=1S/C13H26N2/c1-2-13(10-14,12-6-7-12)15-9-8-11-4-3-5-11/h11-12,15H,2-10,14H2,1H3. The summed E-state index contributed by atoms with van der Waals surface area (Å²) in [5.41, 5.74) is 6.24. The number of nitrogens with two attached hydrogens (primary N) is 1. The number of nitrogens with one attached hydrogen (secondary N) is 1. The molecule has 0 spiro atoms. The molecular weight excluding hydrogens is 184 g/mol. The maximum absolute atomic E-state index is 5.96. The molecule has 0 amide bonds. The number of hydrogen-bond donors (Lipinski definition) is 2. The van der Waals surface area contributed by atoms with E-state index in [4.69, 9.17) is 5.73 Å². The molecule has 1 atom stereocenters. The van der Waals surface area contributed by atoms with Crippen LogP contribution in [-0.4, -0.2) is 18.6 Å². The van der Waals surface area contributed by atoms with Gasteiger partial charge in [-0.2, -0.15) is 0 Å². The second-order valence-electron chi connectivity index (χ2n) is 5.50. The molecule has 88 valence electrons. The zero-order valence-corrected chi connectivity index (χ0v) is 10.1. The lowest BCUT2D eigenvalue weighted by molar-refractivity contribution is 0.241. The lowest BCUT2D eigenvalue weighted by atomic mass is 9.82. The summed E-state index contributed by atoms with van der Waals surface area (Å²) in [6, 6.07) is 0. The number of rotatable bonds is 7. The van der Waals surface area contributed by atoms with Crippen LogP contribution in [0.2, 0.25) is 0 Å². The molecule has 0 aromatic rings. The van der Waals surface area contributed by atoms with Gasteiger partial charge in [-0.25, -0.2) is 0 Å². The fourth-order valence-corrected chi connectivity index (χ4v) is 2.88. The minimum atomic E-state index is 0.281. The van der Waals surface area contributed by atoms with E-state index < -0.39 is 0 Å². The highest BCUT2D eigenvalue weighted by Gasteiger charge is 2.42. The van der Waals surface area contributed by atoms with E-state index in [1.165, 1.54) is 51.5 Å². The SMILES string of the molecule is CCC(CN)(NCCC1CCC1)C1CC1. The van der Waals surface area contributed by atoms with Crippen molar-refractivity contribution in [3.05, 3.63) is 0 Å². The van der Waals surface area contributed by atoms with Gasteiger partial charge in [0.1, 0.15) is 0 Å². The Morgan fingerprint density at radius 3 is 2.40 bits per heavy atom. The van der Waals surface area contributed by atoms with Crippen molar-refractivity contribution in [1.29, 1.82) is 0 Å². The third-order valence-corrected chi connectivity index (χ3v) is 4.61. The fraction of sp³-hybridized carbons (Fsp3) is 1.00. The quantitative estimate of drug-likeness (QED) is 0.676. The molecule has 1 unspecified atom stereocenters. The van der Waals surface area contributed by atoms with E-state index in [1.54, 1.807) is 0 Å². The molecule has 0 bridgehead atoms. The number of hydrogen-bond acceptors (Lipinski definition) is 2. The Labute approximate surface area is 94.0 Å². The van der Waals surface area contributed by atoms with Gasteiger partial charge in [0.25, 0.3) is 0 Å². The van der Waals surface area contributed by atoms with Crippen LogP contribution in [0.3, 0.4) is 0 Å². The third-order valence-electron chi connectivity index (χ3n) is 4.61. The van der Waals surface area contributed by atoms with E-state index in [2.05, 4.69) is 12.2 Å². The third kappa shape index (κ3) is 2.54. The van der Waals surface area contributed by atoms with Crippen LogP contribution in [0, 0.1) is 11.8 Å². The summed E-state index contributed by atoms with van der Waals surface area (Å²) in [6.45, 7) is 4.28. The van der Waals surface area contributed by atoms with Crippen LogP contribution in [0.4, 0.5) is 0 Å². The predicted octanol–water partition coefficient (Wildman–Crippen LogP) is 2.28. The molecule has 2 aliphatic rings. The first-order chi connectivity index (χ1) is 7.30. The minimum absolute atomic E-state index is 0.281. The van der Waals surface area contributed by atoms with Gasteiger partial charge in [-0.15, -0.1) is 0 Å². The molecule has 0 heterocycles. The summed E-state index contributed by atoms with van der Waals surface area (Å²) in [5, 5.41) is 3.77. The monoisotopic (exact) mass is 210 g/mol. The summed E-state index contributed by atoms with van der Waals surface area (Å²) in [6.07, 6.45) is 9.74. The maximum atomic E-state index is 5.96. The van der Waals surface area contributed by atoms with E-state index >= 15 is 0 Å². The summed E-state index contributed by atoms with van der Waals surface area (Å²) >= 11 is 0. The van der Waals surface area contributed by atoms with Crippen molar-refractivity contribution in [2.75, 3.05) is 13.1 Å². The summed E-state index contributed by atoms with van der Waals surface area (Å²) in [4.78, 5) is 0. The van der Waals surface area contributed by atoms with Crippen molar-refractivity contribution >= 4 is 0 Å². The topological polar surface area (TPSA) is 38.0 Å². The van der Waals surface area contributed by atoms with Gasteiger partial charge >= 0.3 is 0 Å². The van der Waals surface area contributed by atoms with Crippen LogP contribution in [0.1, 0.15) is 51.9 Å². The zero-order valence-electron chi connectivity index (χ0n) is 10.1. The molecule has 2 rings (SSSR count). The van der Waals surface area contributed by atoms with Crippen molar-refractivity contribution in [2.24, 2.45) is 17.6 Å². The van der Waals surface area contributed by atoms with E-state index in [0.29, 0.717) is 0 Å². The van der Waals surface area contributed by atoms with E-state index in [1.807, 2.05) is 0 Å². The predicted molar refractivity (Wildman–Crippen MR) is 64.8 cm³/mol. The van der Waals surface area contributed by atoms with Crippen molar-refractivity contribution in [3.8, 4) is 0 Å². The van der Waals surface area contributed by atoms with Crippen LogP contribution in [0.25, 0.3) is 0 Å². The Kier molecular flexibility index (Phi) is 3.68. The molecule has 2 heteroatoms.